The number of ketones is 1. The van der Waals surface area contributed by atoms with E-state index in [-0.39, 0.29) is 23.5 Å². The zero-order valence-corrected chi connectivity index (χ0v) is 11.0. The van der Waals surface area contributed by atoms with E-state index in [2.05, 4.69) is 10.2 Å². The van der Waals surface area contributed by atoms with Gasteiger partial charge in [0.1, 0.15) is 0 Å². The minimum atomic E-state index is 0.0383. The van der Waals surface area contributed by atoms with E-state index in [1.807, 2.05) is 0 Å². The van der Waals surface area contributed by atoms with Crippen molar-refractivity contribution in [1.82, 2.24) is 10.2 Å². The Morgan fingerprint density at radius 1 is 1.33 bits per heavy atom. The van der Waals surface area contributed by atoms with Gasteiger partial charge >= 0.3 is 0 Å². The van der Waals surface area contributed by atoms with E-state index in [1.54, 1.807) is 7.05 Å². The Labute approximate surface area is 108 Å². The topological polar surface area (TPSA) is 58.6 Å². The van der Waals surface area contributed by atoms with E-state index in [0.29, 0.717) is 26.3 Å². The highest BCUT2D eigenvalue weighted by Gasteiger charge is 2.29. The van der Waals surface area contributed by atoms with Gasteiger partial charge in [0, 0.05) is 26.1 Å². The monoisotopic (exact) mass is 254 g/mol. The molecule has 2 fully saturated rings. The molecule has 2 rings (SSSR count). The van der Waals surface area contributed by atoms with Crippen molar-refractivity contribution in [3.05, 3.63) is 0 Å². The fraction of sp³-hybridized carbons (Fsp3) is 0.846. The molecule has 0 aliphatic carbocycles. The zero-order chi connectivity index (χ0) is 13.0. The summed E-state index contributed by atoms with van der Waals surface area (Å²) < 4.78 is 5.24. The summed E-state index contributed by atoms with van der Waals surface area (Å²) in [5.74, 6) is 0.475. The summed E-state index contributed by atoms with van der Waals surface area (Å²) in [6, 6.07) is 0. The van der Waals surface area contributed by atoms with Crippen molar-refractivity contribution < 1.29 is 14.3 Å². The van der Waals surface area contributed by atoms with Crippen LogP contribution in [0.2, 0.25) is 0 Å². The van der Waals surface area contributed by atoms with Crippen LogP contribution in [0.25, 0.3) is 0 Å². The van der Waals surface area contributed by atoms with Crippen LogP contribution in [0, 0.1) is 11.8 Å². The first-order valence-electron chi connectivity index (χ1n) is 6.75. The van der Waals surface area contributed by atoms with E-state index in [4.69, 9.17) is 4.74 Å². The highest BCUT2D eigenvalue weighted by molar-refractivity contribution is 5.83. The molecule has 18 heavy (non-hydrogen) atoms. The van der Waals surface area contributed by atoms with Gasteiger partial charge in [0.05, 0.1) is 19.1 Å². The quantitative estimate of drug-likeness (QED) is 0.770. The fourth-order valence-corrected chi connectivity index (χ4v) is 2.76. The Morgan fingerprint density at radius 2 is 2.17 bits per heavy atom. The second-order valence-corrected chi connectivity index (χ2v) is 5.22. The number of ether oxygens (including phenoxy) is 1. The average Bonchev–Trinajstić information content (AvgIpc) is 2.92. The molecule has 102 valence electrons. The predicted octanol–water partition coefficient (Wildman–Crippen LogP) is 0.0500. The molecular weight excluding hydrogens is 232 g/mol. The Morgan fingerprint density at radius 3 is 2.83 bits per heavy atom. The van der Waals surface area contributed by atoms with Crippen LogP contribution >= 0.6 is 0 Å². The number of hydrogen-bond acceptors (Lipinski definition) is 4. The standard InChI is InChI=1S/C13H22N2O3/c1-14-13(17)10-3-2-5-15(7-10)8-12(16)11-4-6-18-9-11/h10-11H,2-9H2,1H3,(H,14,17). The van der Waals surface area contributed by atoms with Crippen molar-refractivity contribution in [1.29, 1.82) is 0 Å². The van der Waals surface area contributed by atoms with Crippen molar-refractivity contribution in [3.63, 3.8) is 0 Å². The Kier molecular flexibility index (Phi) is 4.72. The molecule has 2 saturated heterocycles. The van der Waals surface area contributed by atoms with Gasteiger partial charge in [-0.1, -0.05) is 0 Å². The van der Waals surface area contributed by atoms with Crippen molar-refractivity contribution >= 4 is 11.7 Å². The number of amides is 1. The Balaban J connectivity index is 1.81. The normalized spacial score (nSPS) is 29.2. The molecule has 0 aromatic rings. The van der Waals surface area contributed by atoms with E-state index < -0.39 is 0 Å². The van der Waals surface area contributed by atoms with E-state index in [0.717, 1.165) is 25.8 Å². The van der Waals surface area contributed by atoms with Crippen LogP contribution in [0.3, 0.4) is 0 Å². The molecule has 2 aliphatic heterocycles. The number of nitrogens with one attached hydrogen (secondary N) is 1. The number of likely N-dealkylation sites (tertiary alicyclic amines) is 1. The maximum absolute atomic E-state index is 12.0. The van der Waals surface area contributed by atoms with E-state index in [1.165, 1.54) is 0 Å². The number of rotatable bonds is 4. The molecule has 0 spiro atoms. The predicted molar refractivity (Wildman–Crippen MR) is 67.2 cm³/mol. The largest absolute Gasteiger partial charge is 0.381 e. The van der Waals surface area contributed by atoms with Gasteiger partial charge in [-0.2, -0.15) is 0 Å². The number of carbonyl (C=O) groups is 2. The molecule has 1 amide bonds. The first-order valence-corrected chi connectivity index (χ1v) is 6.75. The molecule has 0 radical (unpaired) electrons. The maximum Gasteiger partial charge on any atom is 0.224 e. The molecule has 0 bridgehead atoms. The van der Waals surface area contributed by atoms with Gasteiger partial charge < -0.3 is 10.1 Å². The molecule has 0 aromatic carbocycles. The first-order chi connectivity index (χ1) is 8.70. The summed E-state index contributed by atoms with van der Waals surface area (Å²) >= 11 is 0. The van der Waals surface area contributed by atoms with Crippen LogP contribution in [-0.4, -0.2) is 56.5 Å². The van der Waals surface area contributed by atoms with Gasteiger partial charge in [0.2, 0.25) is 5.91 Å². The molecule has 5 heteroatoms. The molecular formula is C13H22N2O3. The van der Waals surface area contributed by atoms with Gasteiger partial charge in [-0.15, -0.1) is 0 Å². The molecule has 1 N–H and O–H groups in total. The summed E-state index contributed by atoms with van der Waals surface area (Å²) in [5, 5.41) is 2.69. The van der Waals surface area contributed by atoms with Gasteiger partial charge in [-0.25, -0.2) is 0 Å². The van der Waals surface area contributed by atoms with Crippen LogP contribution in [0.5, 0.6) is 0 Å². The highest BCUT2D eigenvalue weighted by Crippen LogP contribution is 2.19. The average molecular weight is 254 g/mol. The minimum absolute atomic E-state index is 0.0383. The number of Topliss-reactive ketones (excluding diaryl/α,β-unsaturated/α-hetero) is 1. The number of nitrogens with zero attached hydrogens (tertiary/aromatic N) is 1. The number of hydrogen-bond donors (Lipinski definition) is 1. The van der Waals surface area contributed by atoms with Crippen LogP contribution < -0.4 is 5.32 Å². The van der Waals surface area contributed by atoms with Crippen molar-refractivity contribution in [2.45, 2.75) is 19.3 Å². The SMILES string of the molecule is CNC(=O)C1CCCN(CC(=O)C2CCOC2)C1. The Hall–Kier alpha value is -0.940. The lowest BCUT2D eigenvalue weighted by Crippen LogP contribution is -2.44. The van der Waals surface area contributed by atoms with Gasteiger partial charge in [0.15, 0.2) is 5.78 Å². The third kappa shape index (κ3) is 3.29. The maximum atomic E-state index is 12.0. The number of piperidine rings is 1. The second-order valence-electron chi connectivity index (χ2n) is 5.22. The summed E-state index contributed by atoms with van der Waals surface area (Å²) in [7, 11) is 1.67. The molecule has 2 heterocycles. The lowest BCUT2D eigenvalue weighted by atomic mass is 9.96. The molecule has 2 unspecified atom stereocenters. The number of carbonyl (C=O) groups excluding carboxylic acids is 2. The summed E-state index contributed by atoms with van der Waals surface area (Å²) in [4.78, 5) is 25.8. The lowest BCUT2D eigenvalue weighted by molar-refractivity contribution is -0.129. The molecule has 2 atom stereocenters. The summed E-state index contributed by atoms with van der Waals surface area (Å²) in [6.07, 6.45) is 2.77. The summed E-state index contributed by atoms with van der Waals surface area (Å²) in [6.45, 7) is 3.39. The van der Waals surface area contributed by atoms with Crippen LogP contribution in [0.15, 0.2) is 0 Å². The van der Waals surface area contributed by atoms with Crippen molar-refractivity contribution in [2.24, 2.45) is 11.8 Å². The first kappa shape index (κ1) is 13.5. The third-order valence-corrected chi connectivity index (χ3v) is 3.89. The van der Waals surface area contributed by atoms with Crippen LogP contribution in [0.1, 0.15) is 19.3 Å². The van der Waals surface area contributed by atoms with Crippen molar-refractivity contribution in [2.75, 3.05) is 39.9 Å². The third-order valence-electron chi connectivity index (χ3n) is 3.89. The molecule has 0 saturated carbocycles. The lowest BCUT2D eigenvalue weighted by Gasteiger charge is -2.31. The molecule has 2 aliphatic rings. The van der Waals surface area contributed by atoms with E-state index >= 15 is 0 Å². The van der Waals surface area contributed by atoms with E-state index in [9.17, 15) is 9.59 Å². The Bertz CT molecular complexity index is 313. The minimum Gasteiger partial charge on any atom is -0.381 e. The van der Waals surface area contributed by atoms with Gasteiger partial charge in [0.25, 0.3) is 0 Å². The zero-order valence-electron chi connectivity index (χ0n) is 11.0. The fourth-order valence-electron chi connectivity index (χ4n) is 2.76. The van der Waals surface area contributed by atoms with Gasteiger partial charge in [-0.05, 0) is 25.8 Å². The molecule has 5 nitrogen and oxygen atoms in total. The van der Waals surface area contributed by atoms with Crippen LogP contribution in [0.4, 0.5) is 0 Å². The van der Waals surface area contributed by atoms with Crippen LogP contribution in [-0.2, 0) is 14.3 Å². The summed E-state index contributed by atoms with van der Waals surface area (Å²) in [5.41, 5.74) is 0. The van der Waals surface area contributed by atoms with Crippen molar-refractivity contribution in [3.8, 4) is 0 Å². The highest BCUT2D eigenvalue weighted by atomic mass is 16.5. The molecule has 0 aromatic heterocycles. The van der Waals surface area contributed by atoms with Gasteiger partial charge in [-0.3, -0.25) is 14.5 Å². The second kappa shape index (κ2) is 6.29. The smallest absolute Gasteiger partial charge is 0.224 e.